The van der Waals surface area contributed by atoms with Crippen LogP contribution in [0.1, 0.15) is 33.6 Å². The Balaban J connectivity index is 3.94. The monoisotopic (exact) mass is 217 g/mol. The summed E-state index contributed by atoms with van der Waals surface area (Å²) in [5.41, 5.74) is 0. The Hall–Kier alpha value is -1.26. The molecule has 0 rings (SSSR count). The number of hydrogen-bond donors (Lipinski definition) is 2. The summed E-state index contributed by atoms with van der Waals surface area (Å²) in [7, 11) is 0. The Kier molecular flexibility index (Phi) is 6.49. The zero-order chi connectivity index (χ0) is 11.8. The number of carbonyl (C=O) groups is 2. The molecule has 0 unspecified atom stereocenters. The summed E-state index contributed by atoms with van der Waals surface area (Å²) in [5.74, 6) is -0.788. The highest BCUT2D eigenvalue weighted by Crippen LogP contribution is 1.98. The van der Waals surface area contributed by atoms with Crippen molar-refractivity contribution in [2.45, 2.75) is 39.7 Å². The maximum atomic E-state index is 11.1. The lowest BCUT2D eigenvalue weighted by molar-refractivity contribution is -0.139. The third-order valence-electron chi connectivity index (χ3n) is 1.72. The Morgan fingerprint density at radius 2 is 2.00 bits per heavy atom. The molecule has 0 saturated carbocycles. The van der Waals surface area contributed by atoms with Gasteiger partial charge < -0.3 is 15.2 Å². The van der Waals surface area contributed by atoms with Crippen LogP contribution in [0, 0.1) is 5.92 Å². The van der Waals surface area contributed by atoms with Crippen molar-refractivity contribution in [1.82, 2.24) is 5.32 Å². The van der Waals surface area contributed by atoms with Crippen molar-refractivity contribution in [2.24, 2.45) is 5.92 Å². The second kappa shape index (κ2) is 7.09. The first-order chi connectivity index (χ1) is 6.97. The Labute approximate surface area is 89.8 Å². The summed E-state index contributed by atoms with van der Waals surface area (Å²) in [6, 6.07) is -0.852. The van der Waals surface area contributed by atoms with Gasteiger partial charge in [0.25, 0.3) is 0 Å². The molecule has 0 aromatic heterocycles. The van der Waals surface area contributed by atoms with Crippen LogP contribution in [0.3, 0.4) is 0 Å². The SMILES string of the molecule is CCC[C@H](NC(=O)OCC(C)C)C(=O)O. The van der Waals surface area contributed by atoms with Gasteiger partial charge in [0.2, 0.25) is 0 Å². The van der Waals surface area contributed by atoms with Crippen molar-refractivity contribution in [3.8, 4) is 0 Å². The van der Waals surface area contributed by atoms with Gasteiger partial charge in [0, 0.05) is 0 Å². The van der Waals surface area contributed by atoms with Crippen LogP contribution in [0.25, 0.3) is 0 Å². The van der Waals surface area contributed by atoms with E-state index in [1.54, 1.807) is 0 Å². The van der Waals surface area contributed by atoms with Crippen LogP contribution in [-0.4, -0.2) is 29.8 Å². The van der Waals surface area contributed by atoms with Crippen LogP contribution >= 0.6 is 0 Å². The van der Waals surface area contributed by atoms with Crippen LogP contribution in [0.2, 0.25) is 0 Å². The fourth-order valence-corrected chi connectivity index (χ4v) is 0.972. The molecule has 0 aromatic rings. The van der Waals surface area contributed by atoms with E-state index in [2.05, 4.69) is 5.32 Å². The third-order valence-corrected chi connectivity index (χ3v) is 1.72. The number of nitrogens with one attached hydrogen (secondary N) is 1. The summed E-state index contributed by atoms with van der Waals surface area (Å²) < 4.78 is 4.82. The summed E-state index contributed by atoms with van der Waals surface area (Å²) in [4.78, 5) is 21.8. The molecular formula is C10H19NO4. The van der Waals surface area contributed by atoms with E-state index in [-0.39, 0.29) is 5.92 Å². The molecule has 0 radical (unpaired) electrons. The van der Waals surface area contributed by atoms with Crippen LogP contribution in [-0.2, 0) is 9.53 Å². The minimum atomic E-state index is -1.03. The molecule has 0 aromatic carbocycles. The van der Waals surface area contributed by atoms with E-state index in [1.807, 2.05) is 20.8 Å². The Morgan fingerprint density at radius 1 is 1.40 bits per heavy atom. The lowest BCUT2D eigenvalue weighted by atomic mass is 10.2. The fraction of sp³-hybridized carbons (Fsp3) is 0.800. The first-order valence-corrected chi connectivity index (χ1v) is 5.13. The number of ether oxygens (including phenoxy) is 1. The van der Waals surface area contributed by atoms with Crippen LogP contribution in [0.15, 0.2) is 0 Å². The smallest absolute Gasteiger partial charge is 0.407 e. The molecular weight excluding hydrogens is 198 g/mol. The average Bonchev–Trinajstić information content (AvgIpc) is 2.14. The summed E-state index contributed by atoms with van der Waals surface area (Å²) in [5, 5.41) is 11.1. The molecule has 15 heavy (non-hydrogen) atoms. The van der Waals surface area contributed by atoms with Gasteiger partial charge in [0.05, 0.1) is 6.61 Å². The molecule has 0 spiro atoms. The molecule has 5 nitrogen and oxygen atoms in total. The second-order valence-corrected chi connectivity index (χ2v) is 3.82. The van der Waals surface area contributed by atoms with Crippen molar-refractivity contribution in [2.75, 3.05) is 6.61 Å². The van der Waals surface area contributed by atoms with Crippen molar-refractivity contribution in [3.05, 3.63) is 0 Å². The normalized spacial score (nSPS) is 12.3. The topological polar surface area (TPSA) is 75.6 Å². The van der Waals surface area contributed by atoms with Crippen molar-refractivity contribution in [1.29, 1.82) is 0 Å². The molecule has 0 aliphatic rings. The minimum absolute atomic E-state index is 0.241. The predicted octanol–water partition coefficient (Wildman–Crippen LogP) is 1.62. The molecule has 5 heteroatoms. The summed E-state index contributed by atoms with van der Waals surface area (Å²) >= 11 is 0. The molecule has 1 atom stereocenters. The van der Waals surface area contributed by atoms with E-state index in [1.165, 1.54) is 0 Å². The maximum absolute atomic E-state index is 11.1. The number of alkyl carbamates (subject to hydrolysis) is 1. The van der Waals surface area contributed by atoms with Gasteiger partial charge in [0.1, 0.15) is 6.04 Å². The van der Waals surface area contributed by atoms with E-state index >= 15 is 0 Å². The third kappa shape index (κ3) is 6.76. The van der Waals surface area contributed by atoms with E-state index in [4.69, 9.17) is 9.84 Å². The molecule has 0 bridgehead atoms. The van der Waals surface area contributed by atoms with Gasteiger partial charge in [-0.05, 0) is 12.3 Å². The van der Waals surface area contributed by atoms with Gasteiger partial charge in [-0.1, -0.05) is 27.2 Å². The van der Waals surface area contributed by atoms with Crippen molar-refractivity contribution >= 4 is 12.1 Å². The van der Waals surface area contributed by atoms with E-state index in [0.29, 0.717) is 19.4 Å². The van der Waals surface area contributed by atoms with Gasteiger partial charge in [-0.2, -0.15) is 0 Å². The lowest BCUT2D eigenvalue weighted by Crippen LogP contribution is -2.41. The number of carbonyl (C=O) groups excluding carboxylic acids is 1. The molecule has 0 saturated heterocycles. The van der Waals surface area contributed by atoms with Gasteiger partial charge in [-0.3, -0.25) is 0 Å². The standard InChI is InChI=1S/C10H19NO4/c1-4-5-8(9(12)13)11-10(14)15-6-7(2)3/h7-8H,4-6H2,1-3H3,(H,11,14)(H,12,13)/t8-/m0/s1. The Morgan fingerprint density at radius 3 is 2.40 bits per heavy atom. The predicted molar refractivity (Wildman–Crippen MR) is 55.7 cm³/mol. The van der Waals surface area contributed by atoms with Crippen molar-refractivity contribution < 1.29 is 19.4 Å². The van der Waals surface area contributed by atoms with E-state index < -0.39 is 18.1 Å². The highest BCUT2D eigenvalue weighted by Gasteiger charge is 2.19. The van der Waals surface area contributed by atoms with E-state index in [9.17, 15) is 9.59 Å². The zero-order valence-electron chi connectivity index (χ0n) is 9.45. The summed E-state index contributed by atoms with van der Waals surface area (Å²) in [6.45, 7) is 5.98. The lowest BCUT2D eigenvalue weighted by Gasteiger charge is -2.14. The second-order valence-electron chi connectivity index (χ2n) is 3.82. The first kappa shape index (κ1) is 13.7. The largest absolute Gasteiger partial charge is 0.480 e. The van der Waals surface area contributed by atoms with Crippen LogP contribution < -0.4 is 5.32 Å². The number of carboxylic acids is 1. The molecule has 2 N–H and O–H groups in total. The van der Waals surface area contributed by atoms with Gasteiger partial charge >= 0.3 is 12.1 Å². The molecule has 0 fully saturated rings. The maximum Gasteiger partial charge on any atom is 0.407 e. The van der Waals surface area contributed by atoms with Crippen LogP contribution in [0.4, 0.5) is 4.79 Å². The average molecular weight is 217 g/mol. The fourth-order valence-electron chi connectivity index (χ4n) is 0.972. The number of aliphatic carboxylic acids is 1. The van der Waals surface area contributed by atoms with E-state index in [0.717, 1.165) is 0 Å². The minimum Gasteiger partial charge on any atom is -0.480 e. The Bertz CT molecular complexity index is 215. The van der Waals surface area contributed by atoms with Gasteiger partial charge in [-0.25, -0.2) is 9.59 Å². The molecule has 0 heterocycles. The summed E-state index contributed by atoms with van der Waals surface area (Å²) in [6.07, 6.45) is 0.442. The zero-order valence-corrected chi connectivity index (χ0v) is 9.45. The number of rotatable bonds is 6. The van der Waals surface area contributed by atoms with Gasteiger partial charge in [0.15, 0.2) is 0 Å². The highest BCUT2D eigenvalue weighted by molar-refractivity contribution is 5.79. The number of hydrogen-bond acceptors (Lipinski definition) is 3. The quantitative estimate of drug-likeness (QED) is 0.709. The number of carboxylic acid groups (broad SMARTS) is 1. The number of amides is 1. The molecule has 1 amide bonds. The molecule has 0 aliphatic heterocycles. The highest BCUT2D eigenvalue weighted by atomic mass is 16.5. The molecule has 88 valence electrons. The van der Waals surface area contributed by atoms with Gasteiger partial charge in [-0.15, -0.1) is 0 Å². The van der Waals surface area contributed by atoms with Crippen molar-refractivity contribution in [3.63, 3.8) is 0 Å². The first-order valence-electron chi connectivity index (χ1n) is 5.13. The molecule has 0 aliphatic carbocycles. The van der Waals surface area contributed by atoms with Crippen LogP contribution in [0.5, 0.6) is 0 Å².